The minimum atomic E-state index is 0.128. The molecule has 108 valence electrons. The molecule has 2 fully saturated rings. The van der Waals surface area contributed by atoms with Crippen molar-refractivity contribution in [3.8, 4) is 5.75 Å². The van der Waals surface area contributed by atoms with Gasteiger partial charge >= 0.3 is 0 Å². The van der Waals surface area contributed by atoms with Crippen LogP contribution in [0.1, 0.15) is 24.8 Å². The van der Waals surface area contributed by atoms with Crippen LogP contribution in [0.3, 0.4) is 0 Å². The molecule has 0 spiro atoms. The summed E-state index contributed by atoms with van der Waals surface area (Å²) in [6, 6.07) is 1.62. The van der Waals surface area contributed by atoms with Crippen LogP contribution in [-0.2, 0) is 16.1 Å². The summed E-state index contributed by atoms with van der Waals surface area (Å²) in [5.41, 5.74) is 0.821. The third-order valence-electron chi connectivity index (χ3n) is 4.30. The molecule has 1 aromatic heterocycles. The van der Waals surface area contributed by atoms with Crippen molar-refractivity contribution in [1.29, 1.82) is 0 Å². The van der Waals surface area contributed by atoms with Crippen LogP contribution < -0.4 is 5.32 Å². The van der Waals surface area contributed by atoms with Gasteiger partial charge in [0.1, 0.15) is 5.75 Å². The summed E-state index contributed by atoms with van der Waals surface area (Å²) in [6.45, 7) is 2.10. The number of pyridine rings is 1. The predicted octanol–water partition coefficient (Wildman–Crippen LogP) is 1.47. The van der Waals surface area contributed by atoms with Crippen LogP contribution >= 0.6 is 0 Å². The van der Waals surface area contributed by atoms with E-state index in [1.54, 1.807) is 12.3 Å². The van der Waals surface area contributed by atoms with Crippen LogP contribution in [0.25, 0.3) is 0 Å². The molecule has 1 aromatic rings. The van der Waals surface area contributed by atoms with E-state index >= 15 is 0 Å². The molecule has 2 aliphatic rings. The van der Waals surface area contributed by atoms with E-state index in [2.05, 4.69) is 10.3 Å². The van der Waals surface area contributed by atoms with Gasteiger partial charge in [0, 0.05) is 31.9 Å². The highest BCUT2D eigenvalue weighted by Gasteiger charge is 2.47. The molecule has 3 rings (SSSR count). The van der Waals surface area contributed by atoms with Crippen molar-refractivity contribution in [3.63, 3.8) is 0 Å². The molecule has 5 nitrogen and oxygen atoms in total. The standard InChI is InChI=1S/C15H20N2O3/c18-12-5-10(7-16-9-12)8-17-15(19)14-6-13(14)11-1-3-20-4-2-11/h5,7,9,11,13-14,18H,1-4,6,8H2,(H,17,19)/t13-,14+/m0/s1. The third kappa shape index (κ3) is 3.10. The molecule has 2 atom stereocenters. The number of aromatic hydroxyl groups is 1. The van der Waals surface area contributed by atoms with E-state index in [9.17, 15) is 9.90 Å². The number of nitrogens with zero attached hydrogens (tertiary/aromatic N) is 1. The van der Waals surface area contributed by atoms with Crippen molar-refractivity contribution in [1.82, 2.24) is 10.3 Å². The van der Waals surface area contributed by atoms with E-state index < -0.39 is 0 Å². The second kappa shape index (κ2) is 5.79. The first-order chi connectivity index (χ1) is 9.74. The zero-order chi connectivity index (χ0) is 13.9. The summed E-state index contributed by atoms with van der Waals surface area (Å²) in [7, 11) is 0. The number of carbonyl (C=O) groups is 1. The fourth-order valence-electron chi connectivity index (χ4n) is 3.07. The molecule has 0 aromatic carbocycles. The molecule has 5 heteroatoms. The minimum Gasteiger partial charge on any atom is -0.506 e. The number of hydrogen-bond acceptors (Lipinski definition) is 4. The second-order valence-corrected chi connectivity index (χ2v) is 5.73. The quantitative estimate of drug-likeness (QED) is 0.873. The number of carbonyl (C=O) groups excluding carboxylic acids is 1. The minimum absolute atomic E-state index is 0.128. The van der Waals surface area contributed by atoms with Gasteiger partial charge in [-0.2, -0.15) is 0 Å². The average Bonchev–Trinajstić information content (AvgIpc) is 3.26. The monoisotopic (exact) mass is 276 g/mol. The van der Waals surface area contributed by atoms with Crippen LogP contribution in [0.4, 0.5) is 0 Å². The fraction of sp³-hybridized carbons (Fsp3) is 0.600. The highest BCUT2D eigenvalue weighted by molar-refractivity contribution is 5.81. The molecule has 0 unspecified atom stereocenters. The molecule has 1 amide bonds. The Morgan fingerprint density at radius 1 is 1.40 bits per heavy atom. The first-order valence-corrected chi connectivity index (χ1v) is 7.22. The van der Waals surface area contributed by atoms with Crippen molar-refractivity contribution < 1.29 is 14.6 Å². The summed E-state index contributed by atoms with van der Waals surface area (Å²) in [5.74, 6) is 1.62. The first-order valence-electron chi connectivity index (χ1n) is 7.22. The number of nitrogens with one attached hydrogen (secondary N) is 1. The van der Waals surface area contributed by atoms with Gasteiger partial charge in [0.15, 0.2) is 0 Å². The van der Waals surface area contributed by atoms with Crippen molar-refractivity contribution in [2.75, 3.05) is 13.2 Å². The van der Waals surface area contributed by atoms with Crippen LogP contribution in [0.15, 0.2) is 18.5 Å². The van der Waals surface area contributed by atoms with E-state index in [0.717, 1.165) is 38.0 Å². The van der Waals surface area contributed by atoms with Gasteiger partial charge < -0.3 is 15.2 Å². The molecule has 2 heterocycles. The number of hydrogen-bond donors (Lipinski definition) is 2. The lowest BCUT2D eigenvalue weighted by molar-refractivity contribution is -0.123. The summed E-state index contributed by atoms with van der Waals surface area (Å²) in [6.07, 6.45) is 6.22. The molecule has 0 bridgehead atoms. The van der Waals surface area contributed by atoms with Gasteiger partial charge in [0.05, 0.1) is 6.20 Å². The lowest BCUT2D eigenvalue weighted by Crippen LogP contribution is -2.27. The maximum Gasteiger partial charge on any atom is 0.223 e. The Bertz CT molecular complexity index is 486. The zero-order valence-electron chi connectivity index (χ0n) is 11.4. The van der Waals surface area contributed by atoms with Crippen LogP contribution in [0.5, 0.6) is 5.75 Å². The Hall–Kier alpha value is -1.62. The van der Waals surface area contributed by atoms with Crippen molar-refractivity contribution in [2.24, 2.45) is 17.8 Å². The molecule has 1 saturated carbocycles. The maximum atomic E-state index is 12.1. The molecular formula is C15H20N2O3. The number of amides is 1. The lowest BCUT2D eigenvalue weighted by Gasteiger charge is -2.21. The maximum absolute atomic E-state index is 12.1. The van der Waals surface area contributed by atoms with Gasteiger partial charge in [0.25, 0.3) is 0 Å². The van der Waals surface area contributed by atoms with Crippen molar-refractivity contribution in [3.05, 3.63) is 24.0 Å². The Morgan fingerprint density at radius 3 is 2.95 bits per heavy atom. The van der Waals surface area contributed by atoms with E-state index in [1.165, 1.54) is 6.20 Å². The van der Waals surface area contributed by atoms with Gasteiger partial charge in [0.2, 0.25) is 5.91 Å². The molecule has 1 aliphatic carbocycles. The molecule has 2 N–H and O–H groups in total. The number of rotatable bonds is 4. The third-order valence-corrected chi connectivity index (χ3v) is 4.30. The molecule has 1 aliphatic heterocycles. The Labute approximate surface area is 118 Å². The van der Waals surface area contributed by atoms with E-state index in [4.69, 9.17) is 4.74 Å². The summed E-state index contributed by atoms with van der Waals surface area (Å²) in [5, 5.41) is 12.3. The Balaban J connectivity index is 1.46. The largest absolute Gasteiger partial charge is 0.506 e. The van der Waals surface area contributed by atoms with Crippen molar-refractivity contribution >= 4 is 5.91 Å². The topological polar surface area (TPSA) is 71.5 Å². The Kier molecular flexibility index (Phi) is 3.87. The van der Waals surface area contributed by atoms with Crippen LogP contribution in [0, 0.1) is 17.8 Å². The van der Waals surface area contributed by atoms with E-state index in [-0.39, 0.29) is 17.6 Å². The Morgan fingerprint density at radius 2 is 2.20 bits per heavy atom. The summed E-state index contributed by atoms with van der Waals surface area (Å²) >= 11 is 0. The molecule has 0 radical (unpaired) electrons. The normalized spacial score (nSPS) is 26.2. The summed E-state index contributed by atoms with van der Waals surface area (Å²) < 4.78 is 5.36. The van der Waals surface area contributed by atoms with Gasteiger partial charge in [-0.1, -0.05) is 0 Å². The SMILES string of the molecule is O=C(NCc1cncc(O)c1)[C@@H]1C[C@H]1C1CCOCC1. The van der Waals surface area contributed by atoms with Gasteiger partial charge in [-0.05, 0) is 42.7 Å². The van der Waals surface area contributed by atoms with Crippen LogP contribution in [0.2, 0.25) is 0 Å². The number of ether oxygens (including phenoxy) is 1. The second-order valence-electron chi connectivity index (χ2n) is 5.73. The van der Waals surface area contributed by atoms with Crippen molar-refractivity contribution in [2.45, 2.75) is 25.8 Å². The lowest BCUT2D eigenvalue weighted by atomic mass is 9.93. The fourth-order valence-corrected chi connectivity index (χ4v) is 3.07. The van der Waals surface area contributed by atoms with Gasteiger partial charge in [-0.25, -0.2) is 0 Å². The molecule has 1 saturated heterocycles. The highest BCUT2D eigenvalue weighted by Crippen LogP contribution is 2.47. The summed E-state index contributed by atoms with van der Waals surface area (Å²) in [4.78, 5) is 16.0. The molecule has 20 heavy (non-hydrogen) atoms. The smallest absolute Gasteiger partial charge is 0.223 e. The van der Waals surface area contributed by atoms with E-state index in [0.29, 0.717) is 18.4 Å². The van der Waals surface area contributed by atoms with Gasteiger partial charge in [-0.3, -0.25) is 9.78 Å². The zero-order valence-corrected chi connectivity index (χ0v) is 11.4. The average molecular weight is 276 g/mol. The number of aromatic nitrogens is 1. The van der Waals surface area contributed by atoms with Gasteiger partial charge in [-0.15, -0.1) is 0 Å². The first kappa shape index (κ1) is 13.4. The van der Waals surface area contributed by atoms with Crippen LogP contribution in [-0.4, -0.2) is 29.2 Å². The molecular weight excluding hydrogens is 256 g/mol. The predicted molar refractivity (Wildman–Crippen MR) is 72.9 cm³/mol. The van der Waals surface area contributed by atoms with E-state index in [1.807, 2.05) is 0 Å². The highest BCUT2D eigenvalue weighted by atomic mass is 16.5.